The number of hydrogen-bond acceptors (Lipinski definition) is 5. The van der Waals surface area contributed by atoms with Crippen molar-refractivity contribution in [2.45, 2.75) is 0 Å². The molecule has 6 heterocycles. The maximum atomic E-state index is 5.72. The first-order valence-corrected chi connectivity index (χ1v) is 30.5. The van der Waals surface area contributed by atoms with Gasteiger partial charge in [-0.2, -0.15) is 9.97 Å². The Morgan fingerprint density at radius 3 is 1.42 bits per heavy atom. The molecule has 0 spiro atoms. The minimum atomic E-state index is 0.510. The number of fused-ring (bicyclic) bond motifs is 14. The lowest BCUT2D eigenvalue weighted by Crippen LogP contribution is -2.19. The molecular formula is C82H50N8. The summed E-state index contributed by atoms with van der Waals surface area (Å²) in [5, 5.41) is 10.5. The van der Waals surface area contributed by atoms with E-state index in [4.69, 9.17) is 19.9 Å². The van der Waals surface area contributed by atoms with Crippen molar-refractivity contribution in [3.05, 3.63) is 303 Å². The lowest BCUT2D eigenvalue weighted by Gasteiger charge is -2.33. The van der Waals surface area contributed by atoms with E-state index in [-0.39, 0.29) is 0 Å². The standard InChI is InChI=1S/C82H50N8/c1-5-21-52(22-6-1)80-84-81(53-23-7-2-8-24-53)86-82(85-80)90-72-45-39-54(51-37-41-58(42-38-51)89-69-35-19-14-29-60(69)62-44-48-73-76(79(62)89)64-32-16-20-36-70(64)88(73)57-27-11-4-12-28-57)49-66(72)78-77-74(90)47-43-59(75(77)63-31-13-17-33-67(63)83-78)55-40-46-71-65(50-55)61-30-15-18-34-68(61)87(71)56-25-9-3-10-26-56/h1-50H. The second-order valence-corrected chi connectivity index (χ2v) is 23.3. The van der Waals surface area contributed by atoms with Gasteiger partial charge in [0.15, 0.2) is 11.6 Å². The molecule has 8 heteroatoms. The van der Waals surface area contributed by atoms with Gasteiger partial charge in [-0.3, -0.25) is 4.90 Å². The van der Waals surface area contributed by atoms with Crippen molar-refractivity contribution in [1.29, 1.82) is 0 Å². The minimum absolute atomic E-state index is 0.510. The maximum Gasteiger partial charge on any atom is 0.238 e. The van der Waals surface area contributed by atoms with Gasteiger partial charge < -0.3 is 13.7 Å². The van der Waals surface area contributed by atoms with E-state index in [1.54, 1.807) is 0 Å². The molecule has 0 N–H and O–H groups in total. The molecule has 0 aliphatic carbocycles. The van der Waals surface area contributed by atoms with Crippen LogP contribution in [0.4, 0.5) is 17.3 Å². The van der Waals surface area contributed by atoms with Gasteiger partial charge in [-0.25, -0.2) is 9.97 Å². The van der Waals surface area contributed by atoms with E-state index < -0.39 is 0 Å². The Bertz CT molecular complexity index is 5890. The third-order valence-corrected chi connectivity index (χ3v) is 18.4. The molecule has 1 aliphatic heterocycles. The number of para-hydroxylation sites is 6. The average Bonchev–Trinajstić information content (AvgIpc) is 1.02. The van der Waals surface area contributed by atoms with Crippen LogP contribution in [0.2, 0.25) is 0 Å². The van der Waals surface area contributed by atoms with E-state index in [1.165, 1.54) is 54.4 Å². The molecule has 0 saturated carbocycles. The number of nitrogens with zero attached hydrogens (tertiary/aromatic N) is 8. The minimum Gasteiger partial charge on any atom is -0.309 e. The Labute approximate surface area is 516 Å². The fourth-order valence-electron chi connectivity index (χ4n) is 14.5. The van der Waals surface area contributed by atoms with Gasteiger partial charge in [-0.05, 0) is 119 Å². The van der Waals surface area contributed by atoms with Crippen molar-refractivity contribution in [1.82, 2.24) is 33.6 Å². The number of pyridine rings is 1. The predicted molar refractivity (Wildman–Crippen MR) is 371 cm³/mol. The summed E-state index contributed by atoms with van der Waals surface area (Å²) in [5.41, 5.74) is 21.2. The van der Waals surface area contributed by atoms with Gasteiger partial charge in [0.1, 0.15) is 0 Å². The zero-order valence-electron chi connectivity index (χ0n) is 48.4. The Balaban J connectivity index is 0.834. The molecule has 5 aromatic heterocycles. The molecule has 0 unspecified atom stereocenters. The quantitative estimate of drug-likeness (QED) is 0.142. The van der Waals surface area contributed by atoms with E-state index in [0.29, 0.717) is 17.6 Å². The molecule has 0 bridgehead atoms. The fraction of sp³-hybridized carbons (Fsp3) is 0. The maximum absolute atomic E-state index is 5.72. The summed E-state index contributed by atoms with van der Waals surface area (Å²) in [5.74, 6) is 1.68. The smallest absolute Gasteiger partial charge is 0.238 e. The largest absolute Gasteiger partial charge is 0.309 e. The number of anilines is 3. The zero-order chi connectivity index (χ0) is 59.0. The molecule has 0 atom stereocenters. The van der Waals surface area contributed by atoms with Crippen LogP contribution in [0, 0.1) is 0 Å². The summed E-state index contributed by atoms with van der Waals surface area (Å²) in [7, 11) is 0. The SMILES string of the molecule is c1ccc(-c2nc(-c3ccccc3)nc(N3c4ccc(-c5ccc(-n6c7ccccc7c7ccc8c(c9ccccc9n8-c8ccccc8)c76)cc5)cc4-c4nc5ccccc5c5c(-c6ccc7c(c6)c6ccccc6n7-c6ccccc6)ccc3c45)n2)cc1. The van der Waals surface area contributed by atoms with Crippen LogP contribution in [-0.2, 0) is 0 Å². The molecule has 90 heavy (non-hydrogen) atoms. The molecule has 0 fully saturated rings. The van der Waals surface area contributed by atoms with Gasteiger partial charge in [0, 0.05) is 82.2 Å². The lowest BCUT2D eigenvalue weighted by atomic mass is 9.87. The number of aromatic nitrogens is 7. The van der Waals surface area contributed by atoms with Gasteiger partial charge in [0.2, 0.25) is 5.95 Å². The summed E-state index contributed by atoms with van der Waals surface area (Å²) < 4.78 is 7.25. The topological polar surface area (TPSA) is 69.6 Å². The Hall–Kier alpha value is -12.3. The summed E-state index contributed by atoms with van der Waals surface area (Å²) in [6, 6.07) is 109. The molecule has 19 rings (SSSR count). The van der Waals surface area contributed by atoms with Crippen LogP contribution < -0.4 is 4.90 Å². The first kappa shape index (κ1) is 49.9. The molecule has 1 aliphatic rings. The Morgan fingerprint density at radius 2 is 0.744 bits per heavy atom. The Kier molecular flexibility index (Phi) is 10.9. The summed E-state index contributed by atoms with van der Waals surface area (Å²) in [6.07, 6.45) is 0. The van der Waals surface area contributed by atoms with E-state index >= 15 is 0 Å². The van der Waals surface area contributed by atoms with Crippen molar-refractivity contribution in [3.63, 3.8) is 0 Å². The zero-order valence-corrected chi connectivity index (χ0v) is 48.4. The monoisotopic (exact) mass is 1150 g/mol. The van der Waals surface area contributed by atoms with Crippen molar-refractivity contribution >= 4 is 104 Å². The fourth-order valence-corrected chi connectivity index (χ4v) is 14.5. The highest BCUT2D eigenvalue weighted by Crippen LogP contribution is 2.54. The molecule has 18 aromatic rings. The van der Waals surface area contributed by atoms with Crippen molar-refractivity contribution < 1.29 is 0 Å². The third kappa shape index (κ3) is 7.49. The van der Waals surface area contributed by atoms with E-state index in [1.807, 2.05) is 36.4 Å². The highest BCUT2D eigenvalue weighted by molar-refractivity contribution is 6.27. The molecule has 0 radical (unpaired) electrons. The van der Waals surface area contributed by atoms with Crippen molar-refractivity contribution in [3.8, 4) is 73.3 Å². The molecule has 0 amide bonds. The average molecular weight is 1150 g/mol. The van der Waals surface area contributed by atoms with Crippen LogP contribution in [0.5, 0.6) is 0 Å². The number of rotatable bonds is 8. The first-order chi connectivity index (χ1) is 44.7. The van der Waals surface area contributed by atoms with Gasteiger partial charge in [-0.15, -0.1) is 0 Å². The molecule has 8 nitrogen and oxygen atoms in total. The summed E-state index contributed by atoms with van der Waals surface area (Å²) in [6.45, 7) is 0. The second kappa shape index (κ2) is 19.6. The third-order valence-electron chi connectivity index (χ3n) is 18.4. The number of benzene rings is 13. The van der Waals surface area contributed by atoms with Crippen LogP contribution in [0.3, 0.4) is 0 Å². The van der Waals surface area contributed by atoms with Gasteiger partial charge in [0.05, 0.1) is 55.7 Å². The lowest BCUT2D eigenvalue weighted by molar-refractivity contribution is 1.02. The van der Waals surface area contributed by atoms with Gasteiger partial charge >= 0.3 is 0 Å². The normalized spacial score (nSPS) is 12.2. The highest BCUT2D eigenvalue weighted by atomic mass is 15.3. The van der Waals surface area contributed by atoms with Crippen LogP contribution in [0.25, 0.3) is 160 Å². The highest BCUT2D eigenvalue weighted by Gasteiger charge is 2.33. The van der Waals surface area contributed by atoms with E-state index in [2.05, 4.69) is 286 Å². The van der Waals surface area contributed by atoms with Crippen LogP contribution in [0.1, 0.15) is 0 Å². The van der Waals surface area contributed by atoms with E-state index in [9.17, 15) is 0 Å². The molecule has 0 saturated heterocycles. The van der Waals surface area contributed by atoms with Gasteiger partial charge in [0.25, 0.3) is 0 Å². The summed E-state index contributed by atoms with van der Waals surface area (Å²) in [4.78, 5) is 24.0. The number of hydrogen-bond donors (Lipinski definition) is 0. The molecule has 13 aromatic carbocycles. The van der Waals surface area contributed by atoms with Crippen molar-refractivity contribution in [2.24, 2.45) is 0 Å². The van der Waals surface area contributed by atoms with Crippen LogP contribution in [-0.4, -0.2) is 33.6 Å². The Morgan fingerprint density at radius 1 is 0.244 bits per heavy atom. The van der Waals surface area contributed by atoms with Crippen LogP contribution >= 0.6 is 0 Å². The summed E-state index contributed by atoms with van der Waals surface area (Å²) >= 11 is 0. The predicted octanol–water partition coefficient (Wildman–Crippen LogP) is 21.0. The first-order valence-electron chi connectivity index (χ1n) is 30.5. The van der Waals surface area contributed by atoms with Crippen molar-refractivity contribution in [2.75, 3.05) is 4.90 Å². The molecule has 418 valence electrons. The molecular weight excluding hydrogens is 1100 g/mol. The van der Waals surface area contributed by atoms with Gasteiger partial charge in [-0.1, -0.05) is 206 Å². The second-order valence-electron chi connectivity index (χ2n) is 23.3. The van der Waals surface area contributed by atoms with E-state index in [0.717, 1.165) is 106 Å². The van der Waals surface area contributed by atoms with Crippen LogP contribution in [0.15, 0.2) is 303 Å².